The molecule has 0 atom stereocenters. The van der Waals surface area contributed by atoms with Gasteiger partial charge in [0.25, 0.3) is 0 Å². The van der Waals surface area contributed by atoms with E-state index in [1.54, 1.807) is 36.3 Å². The molecule has 8 nitrogen and oxygen atoms in total. The first kappa shape index (κ1) is 19.8. The molecule has 2 N–H and O–H groups in total. The lowest BCUT2D eigenvalue weighted by Crippen LogP contribution is -2.17. The van der Waals surface area contributed by atoms with Crippen LogP contribution in [0.5, 0.6) is 11.5 Å². The van der Waals surface area contributed by atoms with Gasteiger partial charge in [0.2, 0.25) is 5.91 Å². The Kier molecular flexibility index (Phi) is 6.20. The molecule has 0 unspecified atom stereocenters. The van der Waals surface area contributed by atoms with Gasteiger partial charge in [0.1, 0.15) is 5.82 Å². The highest BCUT2D eigenvalue weighted by Gasteiger charge is 2.15. The van der Waals surface area contributed by atoms with Crippen molar-refractivity contribution in [3.8, 4) is 28.6 Å². The molecule has 2 heterocycles. The van der Waals surface area contributed by atoms with Gasteiger partial charge in [-0.05, 0) is 25.5 Å². The van der Waals surface area contributed by atoms with E-state index in [0.717, 1.165) is 5.69 Å². The number of rotatable bonds is 8. The van der Waals surface area contributed by atoms with Crippen LogP contribution in [0.1, 0.15) is 19.8 Å². The van der Waals surface area contributed by atoms with Crippen LogP contribution in [0.4, 0.5) is 0 Å². The van der Waals surface area contributed by atoms with Crippen LogP contribution >= 0.6 is 11.6 Å². The molecule has 3 rings (SSSR count). The third kappa shape index (κ3) is 4.28. The van der Waals surface area contributed by atoms with Crippen LogP contribution in [0.25, 0.3) is 17.1 Å². The maximum absolute atomic E-state index is 11.3. The van der Waals surface area contributed by atoms with Gasteiger partial charge in [0, 0.05) is 44.2 Å². The Morgan fingerprint density at radius 1 is 1.39 bits per heavy atom. The normalized spacial score (nSPS) is 10.8. The number of imidazole rings is 1. The van der Waals surface area contributed by atoms with Crippen molar-refractivity contribution in [2.24, 2.45) is 0 Å². The van der Waals surface area contributed by atoms with Crippen LogP contribution in [0.3, 0.4) is 0 Å². The van der Waals surface area contributed by atoms with E-state index >= 15 is 0 Å². The number of carbonyl (C=O) groups excluding carboxylic acids is 1. The van der Waals surface area contributed by atoms with Crippen LogP contribution in [0.2, 0.25) is 5.02 Å². The number of aromatic hydroxyl groups is 1. The Morgan fingerprint density at radius 2 is 2.21 bits per heavy atom. The number of nitrogens with zero attached hydrogens (tertiary/aromatic N) is 4. The van der Waals surface area contributed by atoms with E-state index in [-0.39, 0.29) is 16.7 Å². The van der Waals surface area contributed by atoms with Crippen molar-refractivity contribution in [1.82, 2.24) is 24.6 Å². The van der Waals surface area contributed by atoms with Crippen LogP contribution < -0.4 is 10.1 Å². The molecule has 3 aromatic rings. The molecule has 0 spiro atoms. The molecule has 0 saturated carbocycles. The molecule has 148 valence electrons. The van der Waals surface area contributed by atoms with Gasteiger partial charge >= 0.3 is 0 Å². The van der Waals surface area contributed by atoms with Crippen molar-refractivity contribution in [2.75, 3.05) is 13.7 Å². The summed E-state index contributed by atoms with van der Waals surface area (Å²) >= 11 is 6.15. The summed E-state index contributed by atoms with van der Waals surface area (Å²) in [6.45, 7) is 2.88. The maximum atomic E-state index is 11.3. The number of phenolic OH excluding ortho intramolecular Hbond substituents is 1. The first-order chi connectivity index (χ1) is 13.5. The minimum Gasteiger partial charge on any atom is -0.503 e. The number of phenols is 1. The molecule has 0 saturated heterocycles. The molecular formula is C19H22ClN5O3. The largest absolute Gasteiger partial charge is 0.503 e. The predicted octanol–water partition coefficient (Wildman–Crippen LogP) is 3.02. The molecule has 0 aliphatic rings. The number of aryl methyl sites for hydroxylation is 1. The monoisotopic (exact) mass is 403 g/mol. The van der Waals surface area contributed by atoms with E-state index in [9.17, 15) is 9.90 Å². The quantitative estimate of drug-likeness (QED) is 0.603. The fraction of sp³-hybridized carbons (Fsp3) is 0.316. The number of carbonyl (C=O) groups is 1. The van der Waals surface area contributed by atoms with E-state index in [0.29, 0.717) is 43.1 Å². The summed E-state index contributed by atoms with van der Waals surface area (Å²) in [6, 6.07) is 3.35. The number of hydrogen-bond acceptors (Lipinski definition) is 5. The summed E-state index contributed by atoms with van der Waals surface area (Å²) in [5.41, 5.74) is 1.54. The predicted molar refractivity (Wildman–Crippen MR) is 106 cm³/mol. The molecular weight excluding hydrogens is 382 g/mol. The third-order valence-corrected chi connectivity index (χ3v) is 4.48. The van der Waals surface area contributed by atoms with Gasteiger partial charge in [-0.15, -0.1) is 0 Å². The van der Waals surface area contributed by atoms with Crippen molar-refractivity contribution >= 4 is 17.5 Å². The molecule has 0 fully saturated rings. The van der Waals surface area contributed by atoms with Crippen LogP contribution in [-0.4, -0.2) is 44.0 Å². The Hall–Kier alpha value is -3.00. The summed E-state index contributed by atoms with van der Waals surface area (Å²) in [5, 5.41) is 17.2. The van der Waals surface area contributed by atoms with Crippen LogP contribution in [0, 0.1) is 0 Å². The topological polar surface area (TPSA) is 94.2 Å². The second kappa shape index (κ2) is 8.79. The van der Waals surface area contributed by atoms with Gasteiger partial charge in [0.05, 0.1) is 23.5 Å². The lowest BCUT2D eigenvalue weighted by molar-refractivity contribution is -0.120. The average Bonchev–Trinajstić information content (AvgIpc) is 3.34. The minimum atomic E-state index is -0.0886. The Labute approximate surface area is 167 Å². The molecule has 0 bridgehead atoms. The number of nitrogens with one attached hydrogen (secondary N) is 1. The highest BCUT2D eigenvalue weighted by atomic mass is 35.5. The smallest absolute Gasteiger partial charge is 0.219 e. The van der Waals surface area contributed by atoms with Crippen LogP contribution in [-0.2, 0) is 11.3 Å². The minimum absolute atomic E-state index is 0.0126. The Balaban J connectivity index is 1.84. The fourth-order valence-electron chi connectivity index (χ4n) is 2.82. The molecule has 1 amide bonds. The first-order valence-corrected chi connectivity index (χ1v) is 9.33. The van der Waals surface area contributed by atoms with Crippen molar-refractivity contribution < 1.29 is 14.6 Å². The number of amides is 1. The van der Waals surface area contributed by atoms with E-state index in [4.69, 9.17) is 16.3 Å². The molecule has 2 aromatic heterocycles. The lowest BCUT2D eigenvalue weighted by Gasteiger charge is -2.11. The van der Waals surface area contributed by atoms with E-state index in [2.05, 4.69) is 15.4 Å². The van der Waals surface area contributed by atoms with E-state index in [1.165, 1.54) is 0 Å². The zero-order valence-electron chi connectivity index (χ0n) is 15.7. The number of halogens is 1. The van der Waals surface area contributed by atoms with Gasteiger partial charge in [-0.2, -0.15) is 5.10 Å². The molecule has 1 aromatic carbocycles. The number of benzene rings is 1. The SMILES string of the molecule is CCOc1cc(-c2nccn2-c2cnn(CCCC(=O)NC)c2)cc(Cl)c1O. The summed E-state index contributed by atoms with van der Waals surface area (Å²) in [4.78, 5) is 15.7. The Bertz CT molecular complexity index is 966. The van der Waals surface area contributed by atoms with Crippen molar-refractivity contribution in [3.63, 3.8) is 0 Å². The average molecular weight is 404 g/mol. The van der Waals surface area contributed by atoms with Gasteiger partial charge in [-0.1, -0.05) is 11.6 Å². The summed E-state index contributed by atoms with van der Waals surface area (Å²) in [7, 11) is 1.63. The molecule has 9 heteroatoms. The molecule has 0 radical (unpaired) electrons. The molecule has 0 aliphatic heterocycles. The Morgan fingerprint density at radius 3 is 2.96 bits per heavy atom. The summed E-state index contributed by atoms with van der Waals surface area (Å²) in [6.07, 6.45) is 8.27. The first-order valence-electron chi connectivity index (χ1n) is 8.96. The van der Waals surface area contributed by atoms with Crippen molar-refractivity contribution in [2.45, 2.75) is 26.3 Å². The van der Waals surface area contributed by atoms with E-state index in [1.807, 2.05) is 23.9 Å². The zero-order valence-corrected chi connectivity index (χ0v) is 16.5. The number of aromatic nitrogens is 4. The second-order valence-electron chi connectivity index (χ2n) is 6.10. The summed E-state index contributed by atoms with van der Waals surface area (Å²) < 4.78 is 9.12. The highest BCUT2D eigenvalue weighted by Crippen LogP contribution is 2.38. The lowest BCUT2D eigenvalue weighted by atomic mass is 10.2. The van der Waals surface area contributed by atoms with Crippen molar-refractivity contribution in [1.29, 1.82) is 0 Å². The standard InChI is InChI=1S/C19H22ClN5O3/c1-3-28-16-10-13(9-15(20)18(16)27)19-22-6-8-25(19)14-11-23-24(12-14)7-4-5-17(26)21-2/h6,8-12,27H,3-5,7H2,1-2H3,(H,21,26). The van der Waals surface area contributed by atoms with Gasteiger partial charge in [0.15, 0.2) is 11.5 Å². The van der Waals surface area contributed by atoms with Gasteiger partial charge in [-0.25, -0.2) is 4.98 Å². The zero-order chi connectivity index (χ0) is 20.1. The van der Waals surface area contributed by atoms with Gasteiger partial charge < -0.3 is 15.2 Å². The van der Waals surface area contributed by atoms with Gasteiger partial charge in [-0.3, -0.25) is 14.0 Å². The third-order valence-electron chi connectivity index (χ3n) is 4.19. The van der Waals surface area contributed by atoms with Crippen LogP contribution in [0.15, 0.2) is 36.9 Å². The number of ether oxygens (including phenoxy) is 1. The summed E-state index contributed by atoms with van der Waals surface area (Å²) in [5.74, 6) is 0.880. The second-order valence-corrected chi connectivity index (χ2v) is 6.50. The highest BCUT2D eigenvalue weighted by molar-refractivity contribution is 6.32. The fourth-order valence-corrected chi connectivity index (χ4v) is 3.03. The van der Waals surface area contributed by atoms with Crippen molar-refractivity contribution in [3.05, 3.63) is 41.9 Å². The molecule has 0 aliphatic carbocycles. The maximum Gasteiger partial charge on any atom is 0.219 e. The molecule has 28 heavy (non-hydrogen) atoms. The number of hydrogen-bond donors (Lipinski definition) is 2. The van der Waals surface area contributed by atoms with E-state index < -0.39 is 0 Å².